The first kappa shape index (κ1) is 14.4. The fourth-order valence-electron chi connectivity index (χ4n) is 7.54. The van der Waals surface area contributed by atoms with Crippen molar-refractivity contribution in [1.29, 1.82) is 0 Å². The number of benzene rings is 1. The van der Waals surface area contributed by atoms with E-state index in [2.05, 4.69) is 61.0 Å². The van der Waals surface area contributed by atoms with Crippen molar-refractivity contribution in [2.45, 2.75) is 51.1 Å². The first-order chi connectivity index (χ1) is 12.1. The van der Waals surface area contributed by atoms with Gasteiger partial charge < -0.3 is 9.47 Å². The van der Waals surface area contributed by atoms with Crippen molar-refractivity contribution in [1.82, 2.24) is 9.55 Å². The summed E-state index contributed by atoms with van der Waals surface area (Å²) < 4.78 is 2.29. The predicted molar refractivity (Wildman–Crippen MR) is 99.4 cm³/mol. The van der Waals surface area contributed by atoms with E-state index in [1.807, 2.05) is 0 Å². The van der Waals surface area contributed by atoms with Crippen LogP contribution in [-0.2, 0) is 12.6 Å². The summed E-state index contributed by atoms with van der Waals surface area (Å²) in [5.74, 6) is 3.50. The summed E-state index contributed by atoms with van der Waals surface area (Å²) in [5, 5.41) is 0. The second-order valence-electron chi connectivity index (χ2n) is 9.12. The van der Waals surface area contributed by atoms with Crippen molar-refractivity contribution in [3.63, 3.8) is 0 Å². The monoisotopic (exact) mass is 333 g/mol. The van der Waals surface area contributed by atoms with E-state index in [0.29, 0.717) is 6.04 Å². The predicted octanol–water partition coefficient (Wildman–Crippen LogP) is 4.57. The Morgan fingerprint density at radius 1 is 1.12 bits per heavy atom. The summed E-state index contributed by atoms with van der Waals surface area (Å²) in [6.07, 6.45) is 7.80. The van der Waals surface area contributed by atoms with E-state index in [1.165, 1.54) is 48.3 Å². The van der Waals surface area contributed by atoms with Crippen LogP contribution < -0.4 is 4.90 Å². The maximum Gasteiger partial charge on any atom is 0.0950 e. The van der Waals surface area contributed by atoms with Gasteiger partial charge in [-0.05, 0) is 74.8 Å². The highest BCUT2D eigenvalue weighted by Crippen LogP contribution is 2.71. The highest BCUT2D eigenvalue weighted by atomic mass is 15.3. The molecule has 0 amide bonds. The van der Waals surface area contributed by atoms with Gasteiger partial charge >= 0.3 is 0 Å². The van der Waals surface area contributed by atoms with Crippen molar-refractivity contribution in [3.05, 3.63) is 47.5 Å². The Balaban J connectivity index is 1.64. The average Bonchev–Trinajstić information content (AvgIpc) is 3.25. The van der Waals surface area contributed by atoms with Crippen molar-refractivity contribution >= 4 is 5.69 Å². The molecule has 2 aromatic rings. The Morgan fingerprint density at radius 2 is 1.96 bits per heavy atom. The molecule has 7 rings (SSSR count). The molecule has 4 aliphatic carbocycles. The standard InChI is InChI=1S/C22H27N3/c1-13-6-4-5-7-19(13)25-14(2)20-21(23-12-24(20)3)22(25)17-9-15-8-16(11-17)18(22)10-15/h4-7,12,14-18H,8-11H2,1-3H3/t14-,15?,16?,17?,18?,22?/m0/s1. The third-order valence-corrected chi connectivity index (χ3v) is 8.10. The molecule has 1 aromatic carbocycles. The smallest absolute Gasteiger partial charge is 0.0950 e. The van der Waals surface area contributed by atoms with E-state index in [9.17, 15) is 0 Å². The van der Waals surface area contributed by atoms with Gasteiger partial charge in [0.15, 0.2) is 0 Å². The molecule has 6 atom stereocenters. The summed E-state index contributed by atoms with van der Waals surface area (Å²) >= 11 is 0. The number of hydrogen-bond donors (Lipinski definition) is 0. The Bertz CT molecular complexity index is 864. The van der Waals surface area contributed by atoms with Gasteiger partial charge in [0.2, 0.25) is 0 Å². The number of fused-ring (bicyclic) bond motifs is 1. The SMILES string of the molecule is Cc1ccccc1N1[C@@H](C)c2c(ncn2C)C12C1CC3CC(C1)C2C3. The molecule has 4 bridgehead atoms. The molecule has 130 valence electrons. The lowest BCUT2D eigenvalue weighted by Crippen LogP contribution is -2.52. The molecule has 0 N–H and O–H groups in total. The minimum absolute atomic E-state index is 0.153. The molecule has 1 aromatic heterocycles. The van der Waals surface area contributed by atoms with Crippen LogP contribution in [0, 0.1) is 30.6 Å². The third kappa shape index (κ3) is 1.49. The van der Waals surface area contributed by atoms with E-state index in [1.54, 1.807) is 0 Å². The van der Waals surface area contributed by atoms with Crippen molar-refractivity contribution in [2.24, 2.45) is 30.7 Å². The van der Waals surface area contributed by atoms with Crippen LogP contribution in [0.3, 0.4) is 0 Å². The van der Waals surface area contributed by atoms with Gasteiger partial charge in [0, 0.05) is 12.7 Å². The van der Waals surface area contributed by atoms with Crippen molar-refractivity contribution < 1.29 is 0 Å². The summed E-state index contributed by atoms with van der Waals surface area (Å²) in [6.45, 7) is 4.68. The van der Waals surface area contributed by atoms with Gasteiger partial charge in [-0.1, -0.05) is 18.2 Å². The van der Waals surface area contributed by atoms with E-state index in [-0.39, 0.29) is 5.54 Å². The first-order valence-corrected chi connectivity index (χ1v) is 9.99. The molecule has 4 fully saturated rings. The zero-order valence-corrected chi connectivity index (χ0v) is 15.4. The Kier molecular flexibility index (Phi) is 2.59. The number of aromatic nitrogens is 2. The molecule has 0 saturated heterocycles. The molecule has 5 unspecified atom stereocenters. The third-order valence-electron chi connectivity index (χ3n) is 8.10. The van der Waals surface area contributed by atoms with Gasteiger partial charge in [0.05, 0.1) is 29.3 Å². The quantitative estimate of drug-likeness (QED) is 0.762. The second kappa shape index (κ2) is 4.49. The maximum atomic E-state index is 5.04. The summed E-state index contributed by atoms with van der Waals surface area (Å²) in [6, 6.07) is 9.41. The minimum atomic E-state index is 0.153. The van der Waals surface area contributed by atoms with Crippen LogP contribution >= 0.6 is 0 Å². The normalized spacial score (nSPS) is 40.4. The lowest BCUT2D eigenvalue weighted by atomic mass is 9.68. The summed E-state index contributed by atoms with van der Waals surface area (Å²) in [4.78, 5) is 7.86. The number of nitrogens with zero attached hydrogens (tertiary/aromatic N) is 3. The maximum absolute atomic E-state index is 5.04. The fourth-order valence-corrected chi connectivity index (χ4v) is 7.54. The molecule has 1 aliphatic heterocycles. The number of imidazole rings is 1. The van der Waals surface area contributed by atoms with Crippen LogP contribution in [0.5, 0.6) is 0 Å². The van der Waals surface area contributed by atoms with Gasteiger partial charge in [-0.15, -0.1) is 0 Å². The minimum Gasteiger partial charge on any atom is -0.351 e. The second-order valence-corrected chi connectivity index (χ2v) is 9.12. The van der Waals surface area contributed by atoms with E-state index in [0.717, 1.165) is 23.7 Å². The van der Waals surface area contributed by atoms with Crippen LogP contribution in [-0.4, -0.2) is 9.55 Å². The zero-order chi connectivity index (χ0) is 16.9. The van der Waals surface area contributed by atoms with Crippen LogP contribution in [0.4, 0.5) is 5.69 Å². The lowest BCUT2D eigenvalue weighted by Gasteiger charge is -2.50. The van der Waals surface area contributed by atoms with E-state index in [4.69, 9.17) is 4.98 Å². The van der Waals surface area contributed by atoms with Gasteiger partial charge in [-0.25, -0.2) is 4.98 Å². The average molecular weight is 333 g/mol. The van der Waals surface area contributed by atoms with E-state index >= 15 is 0 Å². The summed E-state index contributed by atoms with van der Waals surface area (Å²) in [5.41, 5.74) is 5.87. The molecule has 5 aliphatic rings. The van der Waals surface area contributed by atoms with Crippen LogP contribution in [0.1, 0.15) is 55.6 Å². The topological polar surface area (TPSA) is 21.1 Å². The molecular formula is C22H27N3. The van der Waals surface area contributed by atoms with Gasteiger partial charge in [-0.2, -0.15) is 0 Å². The Morgan fingerprint density at radius 3 is 2.76 bits per heavy atom. The molecule has 3 heteroatoms. The first-order valence-electron chi connectivity index (χ1n) is 9.99. The van der Waals surface area contributed by atoms with Crippen molar-refractivity contribution in [2.75, 3.05) is 4.90 Å². The molecule has 25 heavy (non-hydrogen) atoms. The Hall–Kier alpha value is -1.77. The largest absolute Gasteiger partial charge is 0.351 e. The molecule has 0 radical (unpaired) electrons. The van der Waals surface area contributed by atoms with Crippen LogP contribution in [0.2, 0.25) is 0 Å². The molecule has 1 spiro atoms. The molecule has 3 nitrogen and oxygen atoms in total. The van der Waals surface area contributed by atoms with Gasteiger partial charge in [0.1, 0.15) is 0 Å². The van der Waals surface area contributed by atoms with Gasteiger partial charge in [-0.3, -0.25) is 0 Å². The van der Waals surface area contributed by atoms with Crippen LogP contribution in [0.25, 0.3) is 0 Å². The summed E-state index contributed by atoms with van der Waals surface area (Å²) in [7, 11) is 2.18. The van der Waals surface area contributed by atoms with Crippen LogP contribution in [0.15, 0.2) is 30.6 Å². The van der Waals surface area contributed by atoms with Gasteiger partial charge in [0.25, 0.3) is 0 Å². The number of para-hydroxylation sites is 1. The number of anilines is 1. The number of hydrogen-bond acceptors (Lipinski definition) is 2. The zero-order valence-electron chi connectivity index (χ0n) is 15.4. The highest BCUT2D eigenvalue weighted by molar-refractivity contribution is 5.63. The molecule has 4 saturated carbocycles. The molecule has 2 heterocycles. The highest BCUT2D eigenvalue weighted by Gasteiger charge is 2.70. The van der Waals surface area contributed by atoms with E-state index < -0.39 is 0 Å². The lowest BCUT2D eigenvalue weighted by molar-refractivity contribution is 0.144. The number of aryl methyl sites for hydroxylation is 2. The Labute approximate surface area is 150 Å². The number of rotatable bonds is 1. The van der Waals surface area contributed by atoms with Crippen molar-refractivity contribution in [3.8, 4) is 0 Å². The molecular weight excluding hydrogens is 306 g/mol. The fraction of sp³-hybridized carbons (Fsp3) is 0.591.